The zero-order valence-corrected chi connectivity index (χ0v) is 12.9. The highest BCUT2D eigenvalue weighted by Gasteiger charge is 2.07. The third kappa shape index (κ3) is 4.81. The summed E-state index contributed by atoms with van der Waals surface area (Å²) < 4.78 is 16.2. The van der Waals surface area contributed by atoms with Crippen molar-refractivity contribution >= 4 is 5.97 Å². The third-order valence-electron chi connectivity index (χ3n) is 2.96. The molecule has 116 valence electrons. The van der Waals surface area contributed by atoms with Crippen LogP contribution in [0.15, 0.2) is 48.5 Å². The van der Waals surface area contributed by atoms with E-state index in [1.807, 2.05) is 31.2 Å². The van der Waals surface area contributed by atoms with Gasteiger partial charge in [-0.1, -0.05) is 18.2 Å². The molecular weight excluding hydrogens is 280 g/mol. The predicted octanol–water partition coefficient (Wildman–Crippen LogP) is 3.63. The van der Waals surface area contributed by atoms with Crippen LogP contribution >= 0.6 is 0 Å². The van der Waals surface area contributed by atoms with Crippen LogP contribution in [-0.4, -0.2) is 25.8 Å². The summed E-state index contributed by atoms with van der Waals surface area (Å²) in [5, 5.41) is 0. The Hall–Kier alpha value is -2.49. The lowest BCUT2D eigenvalue weighted by Gasteiger charge is -2.09. The van der Waals surface area contributed by atoms with Gasteiger partial charge in [0.15, 0.2) is 0 Å². The van der Waals surface area contributed by atoms with Crippen LogP contribution in [0.4, 0.5) is 0 Å². The smallest absolute Gasteiger partial charge is 0.338 e. The van der Waals surface area contributed by atoms with Crippen molar-refractivity contribution in [2.24, 2.45) is 0 Å². The van der Waals surface area contributed by atoms with Gasteiger partial charge in [0.2, 0.25) is 0 Å². The van der Waals surface area contributed by atoms with Gasteiger partial charge >= 0.3 is 5.97 Å². The van der Waals surface area contributed by atoms with E-state index in [0.29, 0.717) is 31.1 Å². The summed E-state index contributed by atoms with van der Waals surface area (Å²) in [7, 11) is 0. The van der Waals surface area contributed by atoms with E-state index in [1.165, 1.54) is 0 Å². The summed E-state index contributed by atoms with van der Waals surface area (Å²) >= 11 is 0. The van der Waals surface area contributed by atoms with Crippen molar-refractivity contribution in [2.45, 2.75) is 13.8 Å². The molecule has 0 bridgehead atoms. The van der Waals surface area contributed by atoms with Gasteiger partial charge in [-0.15, -0.1) is 0 Å². The first-order chi connectivity index (χ1) is 10.7. The van der Waals surface area contributed by atoms with Gasteiger partial charge in [0, 0.05) is 0 Å². The normalized spacial score (nSPS) is 10.1. The Labute approximate surface area is 130 Å². The van der Waals surface area contributed by atoms with E-state index in [-0.39, 0.29) is 5.97 Å². The van der Waals surface area contributed by atoms with E-state index in [1.54, 1.807) is 31.2 Å². The first-order valence-corrected chi connectivity index (χ1v) is 7.28. The summed E-state index contributed by atoms with van der Waals surface area (Å²) in [5.41, 5.74) is 1.64. The summed E-state index contributed by atoms with van der Waals surface area (Å²) in [6.07, 6.45) is 0. The molecule has 4 heteroatoms. The monoisotopic (exact) mass is 300 g/mol. The number of carbonyl (C=O) groups excluding carboxylic acids is 1. The molecule has 4 nitrogen and oxygen atoms in total. The summed E-state index contributed by atoms with van der Waals surface area (Å²) in [4.78, 5) is 11.6. The fourth-order valence-corrected chi connectivity index (χ4v) is 1.95. The molecule has 0 aliphatic heterocycles. The minimum absolute atomic E-state index is 0.344. The van der Waals surface area contributed by atoms with Crippen molar-refractivity contribution in [3.8, 4) is 11.5 Å². The van der Waals surface area contributed by atoms with Crippen molar-refractivity contribution < 1.29 is 19.0 Å². The molecule has 0 heterocycles. The second kappa shape index (κ2) is 8.08. The number of aryl methyl sites for hydroxylation is 1. The molecule has 0 saturated heterocycles. The van der Waals surface area contributed by atoms with Crippen LogP contribution in [0.2, 0.25) is 0 Å². The zero-order valence-electron chi connectivity index (χ0n) is 12.9. The first kappa shape index (κ1) is 15.9. The molecule has 2 aromatic carbocycles. The minimum atomic E-state index is -0.344. The van der Waals surface area contributed by atoms with Gasteiger partial charge in [0.05, 0.1) is 12.2 Å². The van der Waals surface area contributed by atoms with Gasteiger partial charge in [-0.3, -0.25) is 0 Å². The molecule has 0 aliphatic rings. The molecule has 0 N–H and O–H groups in total. The van der Waals surface area contributed by atoms with Gasteiger partial charge < -0.3 is 14.2 Å². The highest BCUT2D eigenvalue weighted by Crippen LogP contribution is 2.15. The van der Waals surface area contributed by atoms with Gasteiger partial charge in [0.1, 0.15) is 24.7 Å². The molecule has 0 unspecified atom stereocenters. The molecular formula is C18H20O4. The number of benzene rings is 2. The number of hydrogen-bond acceptors (Lipinski definition) is 4. The summed E-state index contributed by atoms with van der Waals surface area (Å²) in [6.45, 7) is 4.99. The van der Waals surface area contributed by atoms with Crippen LogP contribution in [0.3, 0.4) is 0 Å². The number of ether oxygens (including phenoxy) is 3. The third-order valence-corrected chi connectivity index (χ3v) is 2.96. The fourth-order valence-electron chi connectivity index (χ4n) is 1.95. The molecule has 0 spiro atoms. The maximum atomic E-state index is 11.6. The highest BCUT2D eigenvalue weighted by molar-refractivity contribution is 5.89. The minimum Gasteiger partial charge on any atom is -0.490 e. The van der Waals surface area contributed by atoms with E-state index in [4.69, 9.17) is 14.2 Å². The maximum absolute atomic E-state index is 11.6. The van der Waals surface area contributed by atoms with Crippen LogP contribution in [0.5, 0.6) is 11.5 Å². The standard InChI is InChI=1S/C18H20O4/c1-3-20-18(19)15-7-5-9-17(13-15)22-11-10-21-16-8-4-6-14(2)12-16/h4-9,12-13H,3,10-11H2,1-2H3. The second-order valence-corrected chi connectivity index (χ2v) is 4.76. The van der Waals surface area contributed by atoms with Crippen molar-refractivity contribution in [3.05, 3.63) is 59.7 Å². The van der Waals surface area contributed by atoms with Crippen molar-refractivity contribution in [3.63, 3.8) is 0 Å². The molecule has 0 amide bonds. The van der Waals surface area contributed by atoms with E-state index < -0.39 is 0 Å². The van der Waals surface area contributed by atoms with Crippen LogP contribution in [0.1, 0.15) is 22.8 Å². The van der Waals surface area contributed by atoms with Crippen LogP contribution < -0.4 is 9.47 Å². The average Bonchev–Trinajstić information content (AvgIpc) is 2.52. The lowest BCUT2D eigenvalue weighted by atomic mass is 10.2. The molecule has 0 atom stereocenters. The van der Waals surface area contributed by atoms with Gasteiger partial charge in [-0.25, -0.2) is 4.79 Å². The molecule has 2 aromatic rings. The molecule has 0 saturated carbocycles. The Morgan fingerprint density at radius 2 is 1.59 bits per heavy atom. The Morgan fingerprint density at radius 1 is 0.955 bits per heavy atom. The maximum Gasteiger partial charge on any atom is 0.338 e. The number of rotatable bonds is 7. The lowest BCUT2D eigenvalue weighted by molar-refractivity contribution is 0.0526. The largest absolute Gasteiger partial charge is 0.490 e. The second-order valence-electron chi connectivity index (χ2n) is 4.76. The van der Waals surface area contributed by atoms with Gasteiger partial charge in [-0.05, 0) is 49.7 Å². The van der Waals surface area contributed by atoms with E-state index in [2.05, 4.69) is 0 Å². The van der Waals surface area contributed by atoms with Crippen LogP contribution in [-0.2, 0) is 4.74 Å². The van der Waals surface area contributed by atoms with Crippen molar-refractivity contribution in [2.75, 3.05) is 19.8 Å². The van der Waals surface area contributed by atoms with Crippen LogP contribution in [0.25, 0.3) is 0 Å². The SMILES string of the molecule is CCOC(=O)c1cccc(OCCOc2cccc(C)c2)c1. The zero-order chi connectivity index (χ0) is 15.8. The Kier molecular flexibility index (Phi) is 5.83. The topological polar surface area (TPSA) is 44.8 Å². The Bertz CT molecular complexity index is 622. The van der Waals surface area contributed by atoms with E-state index >= 15 is 0 Å². The van der Waals surface area contributed by atoms with E-state index in [9.17, 15) is 4.79 Å². The summed E-state index contributed by atoms with van der Waals surface area (Å²) in [5.74, 6) is 1.10. The molecule has 0 aromatic heterocycles. The van der Waals surface area contributed by atoms with Gasteiger partial charge in [0.25, 0.3) is 0 Å². The molecule has 22 heavy (non-hydrogen) atoms. The average molecular weight is 300 g/mol. The Morgan fingerprint density at radius 3 is 2.23 bits per heavy atom. The first-order valence-electron chi connectivity index (χ1n) is 7.28. The van der Waals surface area contributed by atoms with Crippen LogP contribution in [0, 0.1) is 6.92 Å². The highest BCUT2D eigenvalue weighted by atomic mass is 16.5. The molecule has 0 fully saturated rings. The fraction of sp³-hybridized carbons (Fsp3) is 0.278. The predicted molar refractivity (Wildman–Crippen MR) is 84.6 cm³/mol. The molecule has 2 rings (SSSR count). The number of esters is 1. The lowest BCUT2D eigenvalue weighted by Crippen LogP contribution is -2.10. The van der Waals surface area contributed by atoms with Crippen molar-refractivity contribution in [1.82, 2.24) is 0 Å². The summed E-state index contributed by atoms with van der Waals surface area (Å²) in [6, 6.07) is 14.8. The van der Waals surface area contributed by atoms with E-state index in [0.717, 1.165) is 11.3 Å². The Balaban J connectivity index is 1.82. The van der Waals surface area contributed by atoms with Gasteiger partial charge in [-0.2, -0.15) is 0 Å². The quantitative estimate of drug-likeness (QED) is 0.578. The molecule has 0 radical (unpaired) electrons. The number of hydrogen-bond donors (Lipinski definition) is 0. The molecule has 0 aliphatic carbocycles. The number of carbonyl (C=O) groups is 1. The van der Waals surface area contributed by atoms with Crippen molar-refractivity contribution in [1.29, 1.82) is 0 Å².